The number of methoxy groups -OCH3 is 1. The van der Waals surface area contributed by atoms with Crippen LogP contribution in [0.2, 0.25) is 5.02 Å². The first-order valence-corrected chi connectivity index (χ1v) is 9.27. The molecule has 27 heavy (non-hydrogen) atoms. The fraction of sp³-hybridized carbons (Fsp3) is 0.353. The Morgan fingerprint density at radius 2 is 2.07 bits per heavy atom. The third-order valence-corrected chi connectivity index (χ3v) is 5.29. The monoisotopic (exact) mass is 412 g/mol. The highest BCUT2D eigenvalue weighted by Crippen LogP contribution is 2.37. The average Bonchev–Trinajstić information content (AvgIpc) is 2.92. The molecular formula is C17H17ClN2O6S. The Balaban J connectivity index is 1.76. The zero-order valence-electron chi connectivity index (χ0n) is 14.4. The van der Waals surface area contributed by atoms with E-state index < -0.39 is 11.1 Å². The normalized spacial score (nSPS) is 19.1. The molecule has 144 valence electrons. The third-order valence-electron chi connectivity index (χ3n) is 4.10. The SMILES string of the molecule is COc1cc(/C=C2\SC(=O)N(CC(=O)N3CCOCC3)C2=O)cc(Cl)c1O. The molecule has 2 aliphatic heterocycles. The number of nitrogens with zero attached hydrogens (tertiary/aromatic N) is 2. The van der Waals surface area contributed by atoms with Gasteiger partial charge in [-0.1, -0.05) is 11.6 Å². The summed E-state index contributed by atoms with van der Waals surface area (Å²) < 4.78 is 10.2. The molecule has 10 heteroatoms. The van der Waals surface area contributed by atoms with Crippen LogP contribution in [0.4, 0.5) is 4.79 Å². The summed E-state index contributed by atoms with van der Waals surface area (Å²) in [5.74, 6) is -0.901. The van der Waals surface area contributed by atoms with E-state index in [1.165, 1.54) is 25.3 Å². The lowest BCUT2D eigenvalue weighted by Gasteiger charge is -2.28. The van der Waals surface area contributed by atoms with Gasteiger partial charge in [-0.05, 0) is 35.5 Å². The number of halogens is 1. The summed E-state index contributed by atoms with van der Waals surface area (Å²) in [5.41, 5.74) is 0.486. The Morgan fingerprint density at radius 3 is 2.74 bits per heavy atom. The number of thioether (sulfide) groups is 1. The van der Waals surface area contributed by atoms with Crippen LogP contribution in [0.1, 0.15) is 5.56 Å². The first-order chi connectivity index (χ1) is 12.9. The van der Waals surface area contributed by atoms with Crippen molar-refractivity contribution >= 4 is 46.5 Å². The summed E-state index contributed by atoms with van der Waals surface area (Å²) >= 11 is 6.69. The van der Waals surface area contributed by atoms with Crippen molar-refractivity contribution < 1.29 is 29.0 Å². The molecule has 0 bridgehead atoms. The average molecular weight is 413 g/mol. The van der Waals surface area contributed by atoms with Gasteiger partial charge in [-0.15, -0.1) is 0 Å². The first kappa shape index (κ1) is 19.5. The van der Waals surface area contributed by atoms with Crippen LogP contribution in [0.5, 0.6) is 11.5 Å². The molecule has 3 rings (SSSR count). The van der Waals surface area contributed by atoms with Gasteiger partial charge < -0.3 is 19.5 Å². The summed E-state index contributed by atoms with van der Waals surface area (Å²) in [7, 11) is 1.38. The van der Waals surface area contributed by atoms with Crippen LogP contribution >= 0.6 is 23.4 Å². The van der Waals surface area contributed by atoms with Gasteiger partial charge in [0, 0.05) is 13.1 Å². The second-order valence-electron chi connectivity index (χ2n) is 5.81. The Hall–Kier alpha value is -2.23. The number of phenols is 1. The Kier molecular flexibility index (Phi) is 5.93. The van der Waals surface area contributed by atoms with Crippen LogP contribution in [0.15, 0.2) is 17.0 Å². The first-order valence-electron chi connectivity index (χ1n) is 8.08. The number of hydrogen-bond acceptors (Lipinski definition) is 7. The van der Waals surface area contributed by atoms with Crippen molar-refractivity contribution in [3.05, 3.63) is 27.6 Å². The highest BCUT2D eigenvalue weighted by Gasteiger charge is 2.37. The molecule has 0 spiro atoms. The Morgan fingerprint density at radius 1 is 1.37 bits per heavy atom. The van der Waals surface area contributed by atoms with E-state index in [1.54, 1.807) is 4.90 Å². The van der Waals surface area contributed by atoms with E-state index in [-0.39, 0.29) is 33.9 Å². The molecule has 1 aromatic rings. The van der Waals surface area contributed by atoms with E-state index in [1.807, 2.05) is 0 Å². The van der Waals surface area contributed by atoms with Crippen LogP contribution in [0.25, 0.3) is 6.08 Å². The molecular weight excluding hydrogens is 396 g/mol. The fourth-order valence-electron chi connectivity index (χ4n) is 2.67. The smallest absolute Gasteiger partial charge is 0.294 e. The van der Waals surface area contributed by atoms with Crippen LogP contribution in [-0.4, -0.2) is 71.9 Å². The summed E-state index contributed by atoms with van der Waals surface area (Å²) in [4.78, 5) is 39.7. The number of hydrogen-bond donors (Lipinski definition) is 1. The van der Waals surface area contributed by atoms with Gasteiger partial charge in [-0.2, -0.15) is 0 Å². The minimum atomic E-state index is -0.547. The van der Waals surface area contributed by atoms with E-state index in [0.29, 0.717) is 31.9 Å². The van der Waals surface area contributed by atoms with Gasteiger partial charge in [-0.3, -0.25) is 19.3 Å². The highest BCUT2D eigenvalue weighted by atomic mass is 35.5. The minimum absolute atomic E-state index is 0.0577. The quantitative estimate of drug-likeness (QED) is 0.755. The lowest BCUT2D eigenvalue weighted by molar-refractivity contribution is -0.139. The van der Waals surface area contributed by atoms with Crippen LogP contribution in [0.3, 0.4) is 0 Å². The van der Waals surface area contributed by atoms with Crippen LogP contribution in [-0.2, 0) is 14.3 Å². The van der Waals surface area contributed by atoms with Crippen molar-refractivity contribution in [2.24, 2.45) is 0 Å². The maximum atomic E-state index is 12.6. The molecule has 0 aromatic heterocycles. The Bertz CT molecular complexity index is 822. The topological polar surface area (TPSA) is 96.4 Å². The lowest BCUT2D eigenvalue weighted by atomic mass is 10.2. The van der Waals surface area contributed by atoms with Gasteiger partial charge in [0.2, 0.25) is 5.91 Å². The molecule has 0 saturated carbocycles. The summed E-state index contributed by atoms with van der Waals surface area (Å²) in [6.45, 7) is 1.46. The molecule has 0 aliphatic carbocycles. The molecule has 8 nitrogen and oxygen atoms in total. The van der Waals surface area contributed by atoms with Gasteiger partial charge in [0.1, 0.15) is 6.54 Å². The highest BCUT2D eigenvalue weighted by molar-refractivity contribution is 8.18. The van der Waals surface area contributed by atoms with Crippen LogP contribution < -0.4 is 4.74 Å². The molecule has 2 fully saturated rings. The minimum Gasteiger partial charge on any atom is -0.503 e. The number of carbonyl (C=O) groups excluding carboxylic acids is 3. The number of morpholine rings is 1. The van der Waals surface area contributed by atoms with Gasteiger partial charge in [0.25, 0.3) is 11.1 Å². The predicted molar refractivity (Wildman–Crippen MR) is 99.7 cm³/mol. The molecule has 0 radical (unpaired) electrons. The number of phenolic OH excluding ortho intramolecular Hbond substituents is 1. The van der Waals surface area contributed by atoms with E-state index in [9.17, 15) is 19.5 Å². The van der Waals surface area contributed by atoms with E-state index in [2.05, 4.69) is 0 Å². The zero-order valence-corrected chi connectivity index (χ0v) is 16.0. The summed E-state index contributed by atoms with van der Waals surface area (Å²) in [5, 5.41) is 9.33. The van der Waals surface area contributed by atoms with Crippen LogP contribution in [0, 0.1) is 0 Å². The Labute approximate surface area is 164 Å². The predicted octanol–water partition coefficient (Wildman–Crippen LogP) is 1.95. The van der Waals surface area contributed by atoms with E-state index >= 15 is 0 Å². The van der Waals surface area contributed by atoms with Crippen molar-refractivity contribution in [1.82, 2.24) is 9.80 Å². The zero-order chi connectivity index (χ0) is 19.6. The lowest BCUT2D eigenvalue weighted by Crippen LogP contribution is -2.46. The number of carbonyl (C=O) groups is 3. The number of amides is 3. The number of rotatable bonds is 4. The van der Waals surface area contributed by atoms with Crippen molar-refractivity contribution in [2.75, 3.05) is 40.0 Å². The molecule has 2 heterocycles. The van der Waals surface area contributed by atoms with Crippen molar-refractivity contribution in [1.29, 1.82) is 0 Å². The van der Waals surface area contributed by atoms with Crippen molar-refractivity contribution in [3.8, 4) is 11.5 Å². The van der Waals surface area contributed by atoms with Crippen molar-refractivity contribution in [3.63, 3.8) is 0 Å². The molecule has 0 unspecified atom stereocenters. The fourth-order valence-corrected chi connectivity index (χ4v) is 3.73. The maximum Gasteiger partial charge on any atom is 0.294 e. The number of aromatic hydroxyl groups is 1. The molecule has 1 N–H and O–H groups in total. The summed E-state index contributed by atoms with van der Waals surface area (Å²) in [6, 6.07) is 2.94. The maximum absolute atomic E-state index is 12.6. The standard InChI is InChI=1S/C17H17ClN2O6S/c1-25-12-7-10(6-11(18)15(12)22)8-13-16(23)20(17(24)27-13)9-14(21)19-2-4-26-5-3-19/h6-8,22H,2-5,9H2,1H3/b13-8-. The van der Waals surface area contributed by atoms with Gasteiger partial charge in [0.15, 0.2) is 11.5 Å². The molecule has 2 aliphatic rings. The largest absolute Gasteiger partial charge is 0.503 e. The van der Waals surface area contributed by atoms with Gasteiger partial charge >= 0.3 is 0 Å². The third kappa shape index (κ3) is 4.20. The molecule has 3 amide bonds. The molecule has 1 aromatic carbocycles. The number of ether oxygens (including phenoxy) is 2. The van der Waals surface area contributed by atoms with E-state index in [4.69, 9.17) is 21.1 Å². The number of imide groups is 1. The van der Waals surface area contributed by atoms with E-state index in [0.717, 1.165) is 16.7 Å². The molecule has 2 saturated heterocycles. The van der Waals surface area contributed by atoms with Gasteiger partial charge in [-0.25, -0.2) is 0 Å². The summed E-state index contributed by atoms with van der Waals surface area (Å²) in [6.07, 6.45) is 1.47. The second kappa shape index (κ2) is 8.20. The number of benzene rings is 1. The molecule has 0 atom stereocenters. The second-order valence-corrected chi connectivity index (χ2v) is 7.22. The van der Waals surface area contributed by atoms with Gasteiger partial charge in [0.05, 0.1) is 30.3 Å². The van der Waals surface area contributed by atoms with Crippen molar-refractivity contribution in [2.45, 2.75) is 0 Å².